The monoisotopic (exact) mass is 458 g/mol. The Morgan fingerprint density at radius 3 is 2.32 bits per heavy atom. The lowest BCUT2D eigenvalue weighted by atomic mass is 9.96. The zero-order valence-corrected chi connectivity index (χ0v) is 18.7. The molecule has 4 nitrogen and oxygen atoms in total. The third-order valence-electron chi connectivity index (χ3n) is 5.60. The molecule has 0 unspecified atom stereocenters. The van der Waals surface area contributed by atoms with Crippen LogP contribution in [0.4, 0.5) is 8.78 Å². The lowest BCUT2D eigenvalue weighted by molar-refractivity contribution is 0.0599. The van der Waals surface area contributed by atoms with Gasteiger partial charge in [0.1, 0.15) is 11.6 Å². The maximum Gasteiger partial charge on any atom is 0.338 e. The SMILES string of the molecule is COC(=O)c1cc(C=C(Cn2ccnc2)c2ccc(F)cc2)ccc1CCc1ccc(F)cc1. The maximum absolute atomic E-state index is 13.5. The molecule has 1 aromatic heterocycles. The highest BCUT2D eigenvalue weighted by atomic mass is 19.1. The number of halogens is 2. The fourth-order valence-electron chi connectivity index (χ4n) is 3.79. The molecule has 0 aliphatic rings. The van der Waals surface area contributed by atoms with E-state index in [0.29, 0.717) is 24.9 Å². The number of methoxy groups -OCH3 is 1. The van der Waals surface area contributed by atoms with Crippen LogP contribution in [0.15, 0.2) is 85.5 Å². The Labute approximate surface area is 197 Å². The Hall–Kier alpha value is -4.06. The first-order valence-electron chi connectivity index (χ1n) is 10.9. The molecular formula is C28H24F2N2O2. The molecule has 0 saturated heterocycles. The van der Waals surface area contributed by atoms with Crippen molar-refractivity contribution in [2.24, 2.45) is 0 Å². The van der Waals surface area contributed by atoms with Crippen LogP contribution in [0.5, 0.6) is 0 Å². The van der Waals surface area contributed by atoms with E-state index in [1.807, 2.05) is 35.0 Å². The Morgan fingerprint density at radius 1 is 0.971 bits per heavy atom. The molecule has 0 N–H and O–H groups in total. The van der Waals surface area contributed by atoms with E-state index in [0.717, 1.165) is 27.8 Å². The van der Waals surface area contributed by atoms with Crippen LogP contribution in [-0.2, 0) is 24.1 Å². The lowest BCUT2D eigenvalue weighted by Crippen LogP contribution is -2.07. The molecule has 0 saturated carbocycles. The zero-order valence-electron chi connectivity index (χ0n) is 18.7. The summed E-state index contributed by atoms with van der Waals surface area (Å²) in [4.78, 5) is 16.6. The van der Waals surface area contributed by atoms with E-state index in [1.54, 1.807) is 36.8 Å². The second-order valence-electron chi connectivity index (χ2n) is 7.95. The first-order valence-corrected chi connectivity index (χ1v) is 10.9. The molecule has 4 aromatic rings. The number of nitrogens with zero attached hydrogens (tertiary/aromatic N) is 2. The molecule has 0 bridgehead atoms. The third kappa shape index (κ3) is 5.84. The molecule has 0 spiro atoms. The van der Waals surface area contributed by atoms with Gasteiger partial charge in [-0.1, -0.05) is 36.4 Å². The number of rotatable bonds is 8. The van der Waals surface area contributed by atoms with E-state index < -0.39 is 5.97 Å². The molecule has 34 heavy (non-hydrogen) atoms. The highest BCUT2D eigenvalue weighted by Gasteiger charge is 2.13. The smallest absolute Gasteiger partial charge is 0.338 e. The summed E-state index contributed by atoms with van der Waals surface area (Å²) in [6, 6.07) is 18.3. The van der Waals surface area contributed by atoms with Gasteiger partial charge in [0, 0.05) is 18.9 Å². The van der Waals surface area contributed by atoms with E-state index in [-0.39, 0.29) is 11.6 Å². The summed E-state index contributed by atoms with van der Waals surface area (Å²) >= 11 is 0. The number of aryl methyl sites for hydroxylation is 2. The van der Waals surface area contributed by atoms with Gasteiger partial charge in [0.15, 0.2) is 0 Å². The van der Waals surface area contributed by atoms with Crippen molar-refractivity contribution in [1.29, 1.82) is 0 Å². The van der Waals surface area contributed by atoms with E-state index in [2.05, 4.69) is 4.98 Å². The highest BCUT2D eigenvalue weighted by molar-refractivity contribution is 5.92. The second kappa shape index (κ2) is 10.7. The first-order chi connectivity index (χ1) is 16.5. The van der Waals surface area contributed by atoms with Gasteiger partial charge in [-0.05, 0) is 77.1 Å². The highest BCUT2D eigenvalue weighted by Crippen LogP contribution is 2.24. The molecule has 172 valence electrons. The summed E-state index contributed by atoms with van der Waals surface area (Å²) in [5.74, 6) is -0.991. The first kappa shape index (κ1) is 23.1. The molecule has 4 rings (SSSR count). The molecular weight excluding hydrogens is 434 g/mol. The minimum absolute atomic E-state index is 0.275. The molecule has 0 aliphatic heterocycles. The predicted molar refractivity (Wildman–Crippen MR) is 128 cm³/mol. The fourth-order valence-corrected chi connectivity index (χ4v) is 3.79. The summed E-state index contributed by atoms with van der Waals surface area (Å²) in [6.45, 7) is 0.533. The Kier molecular flexibility index (Phi) is 7.28. The number of allylic oxidation sites excluding steroid dienone is 1. The largest absolute Gasteiger partial charge is 0.465 e. The summed E-state index contributed by atoms with van der Waals surface area (Å²) in [5.41, 5.74) is 4.96. The van der Waals surface area contributed by atoms with Crippen molar-refractivity contribution in [1.82, 2.24) is 9.55 Å². The third-order valence-corrected chi connectivity index (χ3v) is 5.60. The molecule has 0 aliphatic carbocycles. The summed E-state index contributed by atoms with van der Waals surface area (Å²) in [7, 11) is 1.36. The van der Waals surface area contributed by atoms with Crippen LogP contribution in [0.1, 0.15) is 32.6 Å². The van der Waals surface area contributed by atoms with E-state index in [9.17, 15) is 13.6 Å². The maximum atomic E-state index is 13.5. The number of hydrogen-bond acceptors (Lipinski definition) is 3. The average Bonchev–Trinajstić information content (AvgIpc) is 3.37. The molecule has 3 aromatic carbocycles. The van der Waals surface area contributed by atoms with E-state index >= 15 is 0 Å². The number of ether oxygens (including phenoxy) is 1. The lowest BCUT2D eigenvalue weighted by Gasteiger charge is -2.12. The van der Waals surface area contributed by atoms with Crippen molar-refractivity contribution in [2.45, 2.75) is 19.4 Å². The Balaban J connectivity index is 1.66. The van der Waals surface area contributed by atoms with Crippen molar-refractivity contribution >= 4 is 17.6 Å². The number of carbonyl (C=O) groups excluding carboxylic acids is 1. The van der Waals surface area contributed by atoms with Crippen molar-refractivity contribution in [3.8, 4) is 0 Å². The van der Waals surface area contributed by atoms with Crippen LogP contribution in [-0.4, -0.2) is 22.6 Å². The quantitative estimate of drug-likeness (QED) is 0.241. The van der Waals surface area contributed by atoms with Gasteiger partial charge in [0.2, 0.25) is 0 Å². The molecule has 0 amide bonds. The van der Waals surface area contributed by atoms with Crippen LogP contribution in [0.3, 0.4) is 0 Å². The summed E-state index contributed by atoms with van der Waals surface area (Å²) in [6.07, 6.45) is 8.53. The molecule has 6 heteroatoms. The Morgan fingerprint density at radius 2 is 1.68 bits per heavy atom. The van der Waals surface area contributed by atoms with Gasteiger partial charge in [-0.2, -0.15) is 0 Å². The van der Waals surface area contributed by atoms with Gasteiger partial charge < -0.3 is 9.30 Å². The summed E-state index contributed by atoms with van der Waals surface area (Å²) in [5, 5.41) is 0. The van der Waals surface area contributed by atoms with Gasteiger partial charge in [-0.25, -0.2) is 18.6 Å². The van der Waals surface area contributed by atoms with Crippen molar-refractivity contribution < 1.29 is 18.3 Å². The van der Waals surface area contributed by atoms with Crippen LogP contribution >= 0.6 is 0 Å². The van der Waals surface area contributed by atoms with Gasteiger partial charge in [0.25, 0.3) is 0 Å². The Bertz CT molecular complexity index is 1280. The number of carbonyl (C=O) groups is 1. The minimum atomic E-state index is -0.415. The normalized spacial score (nSPS) is 11.4. The van der Waals surface area contributed by atoms with Gasteiger partial charge in [0.05, 0.1) is 19.0 Å². The molecule has 0 radical (unpaired) electrons. The van der Waals surface area contributed by atoms with Crippen LogP contribution in [0.25, 0.3) is 11.6 Å². The second-order valence-corrected chi connectivity index (χ2v) is 7.95. The van der Waals surface area contributed by atoms with Crippen LogP contribution in [0.2, 0.25) is 0 Å². The topological polar surface area (TPSA) is 44.1 Å². The number of imidazole rings is 1. The van der Waals surface area contributed by atoms with E-state index in [1.165, 1.54) is 31.4 Å². The van der Waals surface area contributed by atoms with E-state index in [4.69, 9.17) is 4.74 Å². The molecule has 0 atom stereocenters. The number of hydrogen-bond donors (Lipinski definition) is 0. The predicted octanol–water partition coefficient (Wildman–Crippen LogP) is 5.97. The average molecular weight is 459 g/mol. The standard InChI is InChI=1S/C28H24F2N2O2/c1-34-28(33)27-17-21(3-7-23(27)6-2-20-4-10-25(29)11-5-20)16-24(18-32-15-14-31-19-32)22-8-12-26(30)13-9-22/h3-5,7-17,19H,2,6,18H2,1H3. The van der Waals surface area contributed by atoms with Gasteiger partial charge in [-0.3, -0.25) is 0 Å². The van der Waals surface area contributed by atoms with Crippen molar-refractivity contribution in [3.05, 3.63) is 125 Å². The van der Waals surface area contributed by atoms with Crippen molar-refractivity contribution in [3.63, 3.8) is 0 Å². The van der Waals surface area contributed by atoms with Gasteiger partial charge >= 0.3 is 5.97 Å². The minimum Gasteiger partial charge on any atom is -0.465 e. The number of benzene rings is 3. The summed E-state index contributed by atoms with van der Waals surface area (Å²) < 4.78 is 33.6. The molecule has 0 fully saturated rings. The zero-order chi connectivity index (χ0) is 23.9. The van der Waals surface area contributed by atoms with Crippen LogP contribution in [0, 0.1) is 11.6 Å². The van der Waals surface area contributed by atoms with Crippen LogP contribution < -0.4 is 0 Å². The van der Waals surface area contributed by atoms with Crippen molar-refractivity contribution in [2.75, 3.05) is 7.11 Å². The number of esters is 1. The van der Waals surface area contributed by atoms with Gasteiger partial charge in [-0.15, -0.1) is 0 Å². The fraction of sp³-hybridized carbons (Fsp3) is 0.143. The molecule has 1 heterocycles. The number of aromatic nitrogens is 2.